The second kappa shape index (κ2) is 12.3. The summed E-state index contributed by atoms with van der Waals surface area (Å²) in [6.07, 6.45) is 0. The predicted molar refractivity (Wildman–Crippen MR) is 222 cm³/mol. The minimum atomic E-state index is -0.185. The largest absolute Gasteiger partial charge is 0.456 e. The maximum absolute atomic E-state index is 6.10. The third kappa shape index (κ3) is 5.26. The topological polar surface area (TPSA) is 16.4 Å². The monoisotopic (exact) mass is 679 g/mol. The molecule has 1 aliphatic rings. The molecule has 0 fully saturated rings. The van der Waals surface area contributed by atoms with Crippen LogP contribution in [0, 0.1) is 0 Å². The van der Waals surface area contributed by atoms with Crippen LogP contribution in [0.2, 0.25) is 0 Å². The van der Waals surface area contributed by atoms with Gasteiger partial charge in [-0.1, -0.05) is 141 Å². The Morgan fingerprint density at radius 1 is 0.358 bits per heavy atom. The molecule has 0 atom stereocenters. The summed E-state index contributed by atoms with van der Waals surface area (Å²) in [6, 6.07) is 68.0. The predicted octanol–water partition coefficient (Wildman–Crippen LogP) is 14.4. The van der Waals surface area contributed by atoms with E-state index in [0.29, 0.717) is 0 Å². The van der Waals surface area contributed by atoms with E-state index in [4.69, 9.17) is 4.42 Å². The normalized spacial score (nSPS) is 13.2. The number of hydrogen-bond acceptors (Lipinski definition) is 2. The van der Waals surface area contributed by atoms with E-state index in [2.05, 4.69) is 195 Å². The molecule has 9 aromatic rings. The lowest BCUT2D eigenvalue weighted by molar-refractivity contribution is 0.632. The fraction of sp³-hybridized carbons (Fsp3) is 0.0588. The molecule has 0 spiro atoms. The summed E-state index contributed by atoms with van der Waals surface area (Å²) in [4.78, 5) is 2.43. The molecule has 0 saturated carbocycles. The zero-order valence-electron chi connectivity index (χ0n) is 29.8. The van der Waals surface area contributed by atoms with Crippen molar-refractivity contribution in [3.05, 3.63) is 199 Å². The first-order valence-corrected chi connectivity index (χ1v) is 18.3. The maximum Gasteiger partial charge on any atom is 0.135 e. The van der Waals surface area contributed by atoms with Crippen LogP contribution in [0.25, 0.3) is 66.4 Å². The number of para-hydroxylation sites is 2. The summed E-state index contributed by atoms with van der Waals surface area (Å²) < 4.78 is 6.10. The van der Waals surface area contributed by atoms with Crippen molar-refractivity contribution < 1.29 is 4.42 Å². The van der Waals surface area contributed by atoms with Crippen LogP contribution in [0.5, 0.6) is 0 Å². The molecule has 0 amide bonds. The van der Waals surface area contributed by atoms with Gasteiger partial charge in [0.25, 0.3) is 0 Å². The maximum atomic E-state index is 6.10. The Balaban J connectivity index is 1.02. The highest BCUT2D eigenvalue weighted by molar-refractivity contribution is 6.06. The van der Waals surface area contributed by atoms with Gasteiger partial charge >= 0.3 is 0 Å². The first kappa shape index (κ1) is 31.1. The number of fused-ring (bicyclic) bond motifs is 5. The molecule has 0 radical (unpaired) electrons. The first-order valence-electron chi connectivity index (χ1n) is 18.3. The molecule has 0 N–H and O–H groups in total. The van der Waals surface area contributed by atoms with Gasteiger partial charge in [0.15, 0.2) is 0 Å². The number of furan rings is 1. The van der Waals surface area contributed by atoms with Crippen molar-refractivity contribution in [3.63, 3.8) is 0 Å². The fourth-order valence-corrected chi connectivity index (χ4v) is 8.26. The minimum absolute atomic E-state index is 0.185. The van der Waals surface area contributed by atoms with Crippen LogP contribution in [0.1, 0.15) is 25.0 Å². The molecule has 1 aromatic heterocycles. The number of anilines is 3. The molecule has 0 saturated heterocycles. The minimum Gasteiger partial charge on any atom is -0.456 e. The van der Waals surface area contributed by atoms with Crippen molar-refractivity contribution in [1.82, 2.24) is 0 Å². The zero-order valence-corrected chi connectivity index (χ0v) is 29.8. The highest BCUT2D eigenvalue weighted by Gasteiger charge is 2.37. The standard InChI is InChI=1S/C51H37NO/c1-51(2)45-19-7-8-20-47(45)52(42-26-22-35(23-27-42)34-12-4-3-5-13-34)48-28-24-41(33-46(48)51)39-17-11-15-37(31-39)36-14-10-16-38(30-36)40-25-29-50-44(32-40)43-18-6-9-21-49(43)53-50/h3-33H,1-2H3. The summed E-state index contributed by atoms with van der Waals surface area (Å²) in [7, 11) is 0. The van der Waals surface area contributed by atoms with Crippen LogP contribution in [0.15, 0.2) is 192 Å². The van der Waals surface area contributed by atoms with Gasteiger partial charge in [-0.05, 0) is 116 Å². The Morgan fingerprint density at radius 2 is 0.868 bits per heavy atom. The Bertz CT molecular complexity index is 2810. The Labute approximate surface area is 310 Å². The van der Waals surface area contributed by atoms with Crippen LogP contribution in [-0.2, 0) is 5.41 Å². The number of hydrogen-bond donors (Lipinski definition) is 0. The number of nitrogens with zero attached hydrogens (tertiary/aromatic N) is 1. The zero-order chi connectivity index (χ0) is 35.5. The van der Waals surface area contributed by atoms with Crippen LogP contribution in [0.4, 0.5) is 17.1 Å². The second-order valence-electron chi connectivity index (χ2n) is 14.6. The van der Waals surface area contributed by atoms with E-state index in [-0.39, 0.29) is 5.41 Å². The quantitative estimate of drug-likeness (QED) is 0.180. The molecule has 1 aliphatic heterocycles. The molecule has 2 nitrogen and oxygen atoms in total. The van der Waals surface area contributed by atoms with E-state index in [1.165, 1.54) is 67.0 Å². The highest BCUT2D eigenvalue weighted by atomic mass is 16.3. The molecular formula is C51H37NO. The molecule has 2 heterocycles. The summed E-state index contributed by atoms with van der Waals surface area (Å²) in [5.41, 5.74) is 17.5. The summed E-state index contributed by atoms with van der Waals surface area (Å²) >= 11 is 0. The van der Waals surface area contributed by atoms with Gasteiger partial charge in [0.05, 0.1) is 11.4 Å². The summed E-state index contributed by atoms with van der Waals surface area (Å²) in [6.45, 7) is 4.71. The number of rotatable bonds is 5. The third-order valence-corrected chi connectivity index (χ3v) is 11.1. The smallest absolute Gasteiger partial charge is 0.135 e. The van der Waals surface area contributed by atoms with Crippen LogP contribution in [-0.4, -0.2) is 0 Å². The average molecular weight is 680 g/mol. The first-order chi connectivity index (χ1) is 26.0. The van der Waals surface area contributed by atoms with Gasteiger partial charge in [0.1, 0.15) is 11.2 Å². The van der Waals surface area contributed by atoms with Gasteiger partial charge in [-0.15, -0.1) is 0 Å². The lowest BCUT2D eigenvalue weighted by Crippen LogP contribution is -2.30. The van der Waals surface area contributed by atoms with Gasteiger partial charge in [-0.2, -0.15) is 0 Å². The molecule has 0 unspecified atom stereocenters. The average Bonchev–Trinajstić information content (AvgIpc) is 3.60. The van der Waals surface area contributed by atoms with Crippen LogP contribution >= 0.6 is 0 Å². The van der Waals surface area contributed by atoms with E-state index in [0.717, 1.165) is 27.6 Å². The van der Waals surface area contributed by atoms with E-state index in [1.807, 2.05) is 12.1 Å². The Hall–Kier alpha value is -6.64. The molecule has 0 aliphatic carbocycles. The van der Waals surface area contributed by atoms with Crippen molar-refractivity contribution in [2.75, 3.05) is 4.90 Å². The molecule has 252 valence electrons. The van der Waals surface area contributed by atoms with Crippen LogP contribution < -0.4 is 4.90 Å². The Morgan fingerprint density at radius 3 is 1.60 bits per heavy atom. The SMILES string of the molecule is CC1(C)c2ccccc2N(c2ccc(-c3ccccc3)cc2)c2ccc(-c3cccc(-c4cccc(-c5ccc6oc7ccccc7c6c5)c4)c3)cc21. The van der Waals surface area contributed by atoms with E-state index < -0.39 is 0 Å². The third-order valence-electron chi connectivity index (χ3n) is 11.1. The van der Waals surface area contributed by atoms with Gasteiger partial charge in [-0.25, -0.2) is 0 Å². The van der Waals surface area contributed by atoms with E-state index in [1.54, 1.807) is 0 Å². The van der Waals surface area contributed by atoms with Gasteiger partial charge in [-0.3, -0.25) is 0 Å². The molecule has 10 rings (SSSR count). The van der Waals surface area contributed by atoms with Crippen molar-refractivity contribution in [1.29, 1.82) is 0 Å². The fourth-order valence-electron chi connectivity index (χ4n) is 8.26. The highest BCUT2D eigenvalue weighted by Crippen LogP contribution is 2.52. The van der Waals surface area contributed by atoms with Crippen molar-refractivity contribution in [3.8, 4) is 44.5 Å². The molecular weight excluding hydrogens is 643 g/mol. The summed E-state index contributed by atoms with van der Waals surface area (Å²) in [5, 5.41) is 2.29. The summed E-state index contributed by atoms with van der Waals surface area (Å²) in [5.74, 6) is 0. The van der Waals surface area contributed by atoms with Crippen molar-refractivity contribution >= 4 is 39.0 Å². The lowest BCUT2D eigenvalue weighted by Gasteiger charge is -2.42. The van der Waals surface area contributed by atoms with Gasteiger partial charge in [0, 0.05) is 21.9 Å². The Kier molecular flexibility index (Phi) is 7.19. The molecule has 8 aromatic carbocycles. The molecule has 53 heavy (non-hydrogen) atoms. The van der Waals surface area contributed by atoms with E-state index in [9.17, 15) is 0 Å². The van der Waals surface area contributed by atoms with Crippen molar-refractivity contribution in [2.24, 2.45) is 0 Å². The lowest BCUT2D eigenvalue weighted by atomic mass is 9.73. The van der Waals surface area contributed by atoms with Gasteiger partial charge < -0.3 is 9.32 Å². The molecule has 0 bridgehead atoms. The molecule has 2 heteroatoms. The number of benzene rings is 8. The van der Waals surface area contributed by atoms with Crippen LogP contribution in [0.3, 0.4) is 0 Å². The second-order valence-corrected chi connectivity index (χ2v) is 14.6. The van der Waals surface area contributed by atoms with Gasteiger partial charge in [0.2, 0.25) is 0 Å². The van der Waals surface area contributed by atoms with E-state index >= 15 is 0 Å². The van der Waals surface area contributed by atoms with Crippen molar-refractivity contribution in [2.45, 2.75) is 19.3 Å².